The molecule has 0 radical (unpaired) electrons. The predicted molar refractivity (Wildman–Crippen MR) is 99.1 cm³/mol. The molecule has 1 aromatic carbocycles. The number of nitrogen functional groups attached to an aromatic ring is 1. The van der Waals surface area contributed by atoms with Gasteiger partial charge in [-0.2, -0.15) is 0 Å². The number of nitrogens with two attached hydrogens (primary N) is 1. The van der Waals surface area contributed by atoms with Gasteiger partial charge >= 0.3 is 0 Å². The number of aryl methyl sites for hydroxylation is 1. The number of fused-ring (bicyclic) bond motifs is 1. The molecule has 2 aromatic heterocycles. The van der Waals surface area contributed by atoms with Gasteiger partial charge in [0.2, 0.25) is 0 Å². The molecule has 2 heterocycles. The Morgan fingerprint density at radius 1 is 1.17 bits per heavy atom. The van der Waals surface area contributed by atoms with Crippen molar-refractivity contribution in [3.63, 3.8) is 0 Å². The number of benzene rings is 1. The van der Waals surface area contributed by atoms with E-state index in [9.17, 15) is 0 Å². The number of hydrogen-bond acceptors (Lipinski definition) is 4. The molecule has 3 aromatic rings. The van der Waals surface area contributed by atoms with Gasteiger partial charge in [-0.1, -0.05) is 43.9 Å². The highest BCUT2D eigenvalue weighted by molar-refractivity contribution is 6.32. The van der Waals surface area contributed by atoms with E-state index < -0.39 is 0 Å². The van der Waals surface area contributed by atoms with E-state index in [1.165, 1.54) is 25.6 Å². The summed E-state index contributed by atoms with van der Waals surface area (Å²) in [6, 6.07) is 5.85. The maximum atomic E-state index is 6.60. The van der Waals surface area contributed by atoms with Gasteiger partial charge in [0.05, 0.1) is 5.52 Å². The summed E-state index contributed by atoms with van der Waals surface area (Å²) in [5.74, 6) is 1.42. The van der Waals surface area contributed by atoms with Crippen LogP contribution in [0.1, 0.15) is 38.4 Å². The molecule has 3 rings (SSSR count). The monoisotopic (exact) mass is 343 g/mol. The van der Waals surface area contributed by atoms with Crippen molar-refractivity contribution < 1.29 is 0 Å². The Morgan fingerprint density at radius 2 is 2.00 bits per heavy atom. The zero-order valence-corrected chi connectivity index (χ0v) is 14.8. The topological polar surface area (TPSA) is 69.6 Å². The summed E-state index contributed by atoms with van der Waals surface area (Å²) < 4.78 is 2.09. The molecule has 0 bridgehead atoms. The minimum Gasteiger partial charge on any atom is -0.383 e. The van der Waals surface area contributed by atoms with Crippen molar-refractivity contribution in [2.75, 3.05) is 5.73 Å². The molecular weight excluding hydrogens is 322 g/mol. The van der Waals surface area contributed by atoms with Crippen LogP contribution in [-0.2, 0) is 6.54 Å². The van der Waals surface area contributed by atoms with Crippen molar-refractivity contribution >= 4 is 28.3 Å². The molecule has 126 valence electrons. The van der Waals surface area contributed by atoms with Crippen molar-refractivity contribution in [3.05, 3.63) is 35.5 Å². The van der Waals surface area contributed by atoms with E-state index in [0.29, 0.717) is 11.0 Å². The average Bonchev–Trinajstić information content (AvgIpc) is 2.86. The molecular formula is C18H22ClN5. The first-order valence-corrected chi connectivity index (χ1v) is 8.73. The Morgan fingerprint density at radius 3 is 2.79 bits per heavy atom. The van der Waals surface area contributed by atoms with E-state index in [-0.39, 0.29) is 0 Å². The van der Waals surface area contributed by atoms with Gasteiger partial charge in [0.15, 0.2) is 0 Å². The zero-order chi connectivity index (χ0) is 17.1. The largest absolute Gasteiger partial charge is 0.383 e. The van der Waals surface area contributed by atoms with Crippen molar-refractivity contribution in [1.82, 2.24) is 19.5 Å². The second-order valence-electron chi connectivity index (χ2n) is 6.00. The van der Waals surface area contributed by atoms with Crippen molar-refractivity contribution in [2.45, 2.75) is 46.1 Å². The standard InChI is InChI=1S/C18H22ClN5/c1-3-4-5-6-9-24-12(2)23-16(17(24)19)13-7-8-14-15(10-13)21-11-22-18(14)20/h7-8,10-11H,3-6,9H2,1-2H3,(H2,20,21,22). The minimum absolute atomic E-state index is 0.482. The van der Waals surface area contributed by atoms with Crippen LogP contribution in [0.5, 0.6) is 0 Å². The maximum Gasteiger partial charge on any atom is 0.136 e. The number of anilines is 1. The summed E-state index contributed by atoms with van der Waals surface area (Å²) in [5, 5.41) is 1.53. The van der Waals surface area contributed by atoms with Gasteiger partial charge in [0, 0.05) is 17.5 Å². The van der Waals surface area contributed by atoms with E-state index in [2.05, 4.69) is 26.4 Å². The minimum atomic E-state index is 0.482. The quantitative estimate of drug-likeness (QED) is 0.663. The molecule has 0 saturated carbocycles. The molecule has 0 spiro atoms. The lowest BCUT2D eigenvalue weighted by atomic mass is 10.1. The summed E-state index contributed by atoms with van der Waals surface area (Å²) in [6.45, 7) is 5.11. The Balaban J connectivity index is 1.92. The third kappa shape index (κ3) is 3.22. The number of imidazole rings is 1. The third-order valence-corrected chi connectivity index (χ3v) is 4.66. The van der Waals surface area contributed by atoms with Crippen LogP contribution in [0.3, 0.4) is 0 Å². The lowest BCUT2D eigenvalue weighted by molar-refractivity contribution is 0.573. The number of unbranched alkanes of at least 4 members (excludes halogenated alkanes) is 3. The Labute approximate surface area is 146 Å². The number of aromatic nitrogens is 4. The summed E-state index contributed by atoms with van der Waals surface area (Å²) in [4.78, 5) is 13.0. The molecule has 0 saturated heterocycles. The molecule has 5 nitrogen and oxygen atoms in total. The van der Waals surface area contributed by atoms with Crippen LogP contribution in [0, 0.1) is 6.92 Å². The fraction of sp³-hybridized carbons (Fsp3) is 0.389. The number of nitrogens with zero attached hydrogens (tertiary/aromatic N) is 4. The fourth-order valence-corrected chi connectivity index (χ4v) is 3.26. The normalized spacial score (nSPS) is 11.3. The average molecular weight is 344 g/mol. The Kier molecular flexibility index (Phi) is 5.00. The number of rotatable bonds is 6. The molecule has 24 heavy (non-hydrogen) atoms. The summed E-state index contributed by atoms with van der Waals surface area (Å²) in [5.41, 5.74) is 8.42. The maximum absolute atomic E-state index is 6.60. The molecule has 0 unspecified atom stereocenters. The van der Waals surface area contributed by atoms with Crippen molar-refractivity contribution in [3.8, 4) is 11.3 Å². The molecule has 0 amide bonds. The Bertz CT molecular complexity index is 856. The lowest BCUT2D eigenvalue weighted by Crippen LogP contribution is -2.00. The van der Waals surface area contributed by atoms with Gasteiger partial charge in [-0.3, -0.25) is 0 Å². The summed E-state index contributed by atoms with van der Waals surface area (Å²) >= 11 is 6.60. The van der Waals surface area contributed by atoms with Gasteiger partial charge in [0.1, 0.15) is 28.8 Å². The highest BCUT2D eigenvalue weighted by Gasteiger charge is 2.15. The van der Waals surface area contributed by atoms with E-state index in [4.69, 9.17) is 17.3 Å². The zero-order valence-electron chi connectivity index (χ0n) is 14.1. The van der Waals surface area contributed by atoms with E-state index in [1.807, 2.05) is 25.1 Å². The Hall–Kier alpha value is -2.14. The second kappa shape index (κ2) is 7.18. The van der Waals surface area contributed by atoms with E-state index >= 15 is 0 Å². The van der Waals surface area contributed by atoms with Crippen molar-refractivity contribution in [1.29, 1.82) is 0 Å². The number of halogens is 1. The molecule has 6 heteroatoms. The molecule has 0 aliphatic heterocycles. The van der Waals surface area contributed by atoms with Crippen LogP contribution < -0.4 is 5.73 Å². The van der Waals surface area contributed by atoms with Crippen LogP contribution in [0.25, 0.3) is 22.2 Å². The molecule has 0 aliphatic carbocycles. The van der Waals surface area contributed by atoms with Crippen LogP contribution in [0.4, 0.5) is 5.82 Å². The van der Waals surface area contributed by atoms with Crippen LogP contribution in [0.2, 0.25) is 5.15 Å². The van der Waals surface area contributed by atoms with E-state index in [0.717, 1.165) is 41.0 Å². The highest BCUT2D eigenvalue weighted by atomic mass is 35.5. The van der Waals surface area contributed by atoms with Gasteiger partial charge in [0.25, 0.3) is 0 Å². The number of hydrogen-bond donors (Lipinski definition) is 1. The first kappa shape index (κ1) is 16.7. The molecule has 0 aliphatic rings. The van der Waals surface area contributed by atoms with Gasteiger partial charge in [-0.25, -0.2) is 15.0 Å². The van der Waals surface area contributed by atoms with Gasteiger partial charge < -0.3 is 10.3 Å². The fourth-order valence-electron chi connectivity index (χ4n) is 2.90. The van der Waals surface area contributed by atoms with Crippen LogP contribution >= 0.6 is 11.6 Å². The predicted octanol–water partition coefficient (Wildman–Crippen LogP) is 4.62. The van der Waals surface area contributed by atoms with Gasteiger partial charge in [-0.15, -0.1) is 0 Å². The highest BCUT2D eigenvalue weighted by Crippen LogP contribution is 2.31. The van der Waals surface area contributed by atoms with Crippen molar-refractivity contribution in [2.24, 2.45) is 0 Å². The first-order chi connectivity index (χ1) is 11.6. The summed E-state index contributed by atoms with van der Waals surface area (Å²) in [7, 11) is 0. The van der Waals surface area contributed by atoms with Crippen LogP contribution in [0.15, 0.2) is 24.5 Å². The second-order valence-corrected chi connectivity index (χ2v) is 6.36. The first-order valence-electron chi connectivity index (χ1n) is 8.35. The smallest absolute Gasteiger partial charge is 0.136 e. The SMILES string of the molecule is CCCCCCn1c(C)nc(-c2ccc3c(N)ncnc3c2)c1Cl. The lowest BCUT2D eigenvalue weighted by Gasteiger charge is -2.07. The third-order valence-electron chi connectivity index (χ3n) is 4.27. The molecule has 0 atom stereocenters. The molecule has 0 fully saturated rings. The molecule has 2 N–H and O–H groups in total. The van der Waals surface area contributed by atoms with Crippen LogP contribution in [-0.4, -0.2) is 19.5 Å². The van der Waals surface area contributed by atoms with Gasteiger partial charge in [-0.05, 0) is 25.5 Å². The van der Waals surface area contributed by atoms with E-state index in [1.54, 1.807) is 0 Å². The summed E-state index contributed by atoms with van der Waals surface area (Å²) in [6.07, 6.45) is 6.28.